The topological polar surface area (TPSA) is 35.5 Å². The van der Waals surface area contributed by atoms with Crippen molar-refractivity contribution >= 4 is 17.6 Å². The number of hydrogen-bond donors (Lipinski definition) is 0. The van der Waals surface area contributed by atoms with Gasteiger partial charge in [0.05, 0.1) is 12.5 Å². The summed E-state index contributed by atoms with van der Waals surface area (Å²) >= 11 is 5.31. The van der Waals surface area contributed by atoms with Gasteiger partial charge in [-0.3, -0.25) is 4.79 Å². The van der Waals surface area contributed by atoms with Crippen LogP contribution >= 0.6 is 11.6 Å². The molecule has 1 fully saturated rings. The predicted molar refractivity (Wildman–Crippen MR) is 106 cm³/mol. The number of ether oxygens (including phenoxy) is 2. The summed E-state index contributed by atoms with van der Waals surface area (Å²) < 4.78 is 78.1. The van der Waals surface area contributed by atoms with Gasteiger partial charge in [0.1, 0.15) is 23.3 Å². The van der Waals surface area contributed by atoms with Crippen LogP contribution in [0.3, 0.4) is 0 Å². The fourth-order valence-electron chi connectivity index (χ4n) is 4.01. The Kier molecular flexibility index (Phi) is 7.80. The van der Waals surface area contributed by atoms with Gasteiger partial charge in [-0.2, -0.15) is 13.2 Å². The van der Waals surface area contributed by atoms with Gasteiger partial charge in [-0.15, -0.1) is 0 Å². The highest BCUT2D eigenvalue weighted by molar-refractivity contribution is 6.30. The lowest BCUT2D eigenvalue weighted by Gasteiger charge is -2.19. The molecule has 0 aromatic heterocycles. The average molecular weight is 469 g/mol. The summed E-state index contributed by atoms with van der Waals surface area (Å²) in [6.45, 7) is 6.05. The molecule has 1 aromatic carbocycles. The van der Waals surface area contributed by atoms with E-state index in [0.29, 0.717) is 0 Å². The average Bonchev–Trinajstić information content (AvgIpc) is 3.22. The number of carbonyl (C=O) groups is 1. The minimum Gasteiger partial charge on any atom is -0.461 e. The highest BCUT2D eigenvalue weighted by Gasteiger charge is 2.62. The lowest BCUT2D eigenvalue weighted by atomic mass is 9.93. The van der Waals surface area contributed by atoms with E-state index in [0.717, 1.165) is 6.08 Å². The maximum absolute atomic E-state index is 14.8. The summed E-state index contributed by atoms with van der Waals surface area (Å²) in [5.41, 5.74) is -0.259. The molecule has 9 heteroatoms. The summed E-state index contributed by atoms with van der Waals surface area (Å²) in [5, 5.41) is -1.29. The van der Waals surface area contributed by atoms with Crippen LogP contribution in [0.4, 0.5) is 22.0 Å². The molecule has 0 heterocycles. The summed E-state index contributed by atoms with van der Waals surface area (Å²) in [6.07, 6.45) is -3.39. The van der Waals surface area contributed by atoms with Gasteiger partial charge in [-0.1, -0.05) is 45.4 Å². The number of halogens is 6. The van der Waals surface area contributed by atoms with Crippen molar-refractivity contribution in [2.75, 3.05) is 7.11 Å². The molecular weight excluding hydrogens is 443 g/mol. The first-order valence-electron chi connectivity index (χ1n) is 9.93. The maximum Gasteiger partial charge on any atom is 0.426 e. The van der Waals surface area contributed by atoms with E-state index in [4.69, 9.17) is 21.1 Å². The van der Waals surface area contributed by atoms with Crippen LogP contribution in [-0.4, -0.2) is 19.3 Å². The molecule has 0 radical (unpaired) electrons. The molecule has 0 saturated heterocycles. The van der Waals surface area contributed by atoms with Crippen molar-refractivity contribution in [3.63, 3.8) is 0 Å². The molecule has 1 aromatic rings. The second kappa shape index (κ2) is 9.45. The van der Waals surface area contributed by atoms with Crippen molar-refractivity contribution in [1.82, 2.24) is 0 Å². The molecule has 0 bridgehead atoms. The number of rotatable bonds is 8. The van der Waals surface area contributed by atoms with Crippen molar-refractivity contribution in [2.45, 2.75) is 59.9 Å². The molecule has 2 rings (SSSR count). The third-order valence-corrected chi connectivity index (χ3v) is 6.24. The van der Waals surface area contributed by atoms with E-state index in [1.165, 1.54) is 7.11 Å². The second-order valence-corrected chi connectivity index (χ2v) is 8.53. The minimum absolute atomic E-state index is 0.179. The van der Waals surface area contributed by atoms with Gasteiger partial charge in [-0.05, 0) is 35.3 Å². The van der Waals surface area contributed by atoms with E-state index in [2.05, 4.69) is 0 Å². The number of allylic oxidation sites excluding steroid dienone is 2. The zero-order valence-corrected chi connectivity index (χ0v) is 18.8. The normalized spacial score (nSPS) is 20.7. The third kappa shape index (κ3) is 5.06. The first-order valence-corrected chi connectivity index (χ1v) is 10.3. The summed E-state index contributed by atoms with van der Waals surface area (Å²) in [6, 6.07) is 0. The molecule has 2 atom stereocenters. The monoisotopic (exact) mass is 468 g/mol. The van der Waals surface area contributed by atoms with Crippen LogP contribution in [0.5, 0.6) is 0 Å². The van der Waals surface area contributed by atoms with Crippen molar-refractivity contribution in [2.24, 2.45) is 17.3 Å². The highest BCUT2D eigenvalue weighted by Crippen LogP contribution is 2.60. The Morgan fingerprint density at radius 1 is 1.03 bits per heavy atom. The van der Waals surface area contributed by atoms with E-state index in [1.807, 2.05) is 0 Å². The fourth-order valence-corrected chi connectivity index (χ4v) is 4.15. The first kappa shape index (κ1) is 25.6. The van der Waals surface area contributed by atoms with Crippen molar-refractivity contribution in [3.8, 4) is 0 Å². The molecule has 1 saturated carbocycles. The highest BCUT2D eigenvalue weighted by atomic mass is 35.5. The zero-order chi connectivity index (χ0) is 23.7. The smallest absolute Gasteiger partial charge is 0.426 e. The largest absolute Gasteiger partial charge is 0.461 e. The number of carbonyl (C=O) groups excluding carboxylic acids is 1. The fraction of sp³-hybridized carbons (Fsp3) is 0.591. The molecule has 3 nitrogen and oxygen atoms in total. The number of hydrogen-bond acceptors (Lipinski definition) is 3. The summed E-state index contributed by atoms with van der Waals surface area (Å²) in [4.78, 5) is 12.6. The quantitative estimate of drug-likeness (QED) is 0.335. The number of benzene rings is 1. The molecule has 1 aliphatic carbocycles. The van der Waals surface area contributed by atoms with Gasteiger partial charge < -0.3 is 9.47 Å². The predicted octanol–water partition coefficient (Wildman–Crippen LogP) is 6.24. The maximum atomic E-state index is 14.8. The second-order valence-electron chi connectivity index (χ2n) is 8.13. The Bertz CT molecular complexity index is 846. The molecule has 0 spiro atoms. The Hall–Kier alpha value is -1.67. The SMILES string of the molecule is CCc1c(F)c(COC)c(F)c(CC)c1COC(=O)[C@@H]1[C@H](/C=C(\Cl)C(F)(F)F)C1(C)C. The van der Waals surface area contributed by atoms with Gasteiger partial charge in [0.15, 0.2) is 0 Å². The molecule has 0 aliphatic heterocycles. The van der Waals surface area contributed by atoms with Gasteiger partial charge in [0.2, 0.25) is 0 Å². The molecule has 1 aliphatic rings. The Morgan fingerprint density at radius 2 is 1.55 bits per heavy atom. The summed E-state index contributed by atoms with van der Waals surface area (Å²) in [5.74, 6) is -3.79. The van der Waals surface area contributed by atoms with Gasteiger partial charge in [0.25, 0.3) is 0 Å². The van der Waals surface area contributed by atoms with Gasteiger partial charge in [0, 0.05) is 18.2 Å². The molecule has 0 amide bonds. The standard InChI is InChI=1S/C22H26ClF5O3/c1-6-11-13(12(7-2)19(25)14(9-30-5)18(11)24)10-31-20(29)17-15(21(17,3)4)8-16(23)22(26,27)28/h8,15,17H,6-7,9-10H2,1-5H3/b16-8-/t15-,17-/m0/s1. The third-order valence-electron chi connectivity index (χ3n) is 5.90. The zero-order valence-electron chi connectivity index (χ0n) is 18.1. The van der Waals surface area contributed by atoms with Crippen LogP contribution < -0.4 is 0 Å². The minimum atomic E-state index is -4.69. The van der Waals surface area contributed by atoms with E-state index >= 15 is 0 Å². The molecule has 0 N–H and O–H groups in total. The van der Waals surface area contributed by atoms with Crippen LogP contribution in [0, 0.1) is 28.9 Å². The van der Waals surface area contributed by atoms with Crippen molar-refractivity contribution in [3.05, 3.63) is 45.0 Å². The van der Waals surface area contributed by atoms with Crippen LogP contribution in [0.15, 0.2) is 11.1 Å². The molecule has 31 heavy (non-hydrogen) atoms. The lowest BCUT2D eigenvalue weighted by Crippen LogP contribution is -2.16. The molecular formula is C22H26ClF5O3. The number of esters is 1. The van der Waals surface area contributed by atoms with Crippen LogP contribution in [0.25, 0.3) is 0 Å². The summed E-state index contributed by atoms with van der Waals surface area (Å²) in [7, 11) is 1.33. The van der Waals surface area contributed by atoms with E-state index in [1.54, 1.807) is 27.7 Å². The van der Waals surface area contributed by atoms with Crippen molar-refractivity contribution in [1.29, 1.82) is 0 Å². The Morgan fingerprint density at radius 3 is 1.97 bits per heavy atom. The Balaban J connectivity index is 2.28. The number of alkyl halides is 3. The molecule has 0 unspecified atom stereocenters. The van der Waals surface area contributed by atoms with E-state index in [-0.39, 0.29) is 48.3 Å². The van der Waals surface area contributed by atoms with Crippen LogP contribution in [0.2, 0.25) is 0 Å². The van der Waals surface area contributed by atoms with E-state index < -0.39 is 46.1 Å². The first-order chi connectivity index (χ1) is 14.3. The van der Waals surface area contributed by atoms with Crippen LogP contribution in [-0.2, 0) is 40.3 Å². The van der Waals surface area contributed by atoms with Gasteiger partial charge in [-0.25, -0.2) is 8.78 Å². The lowest BCUT2D eigenvalue weighted by molar-refractivity contribution is -0.147. The van der Waals surface area contributed by atoms with Crippen LogP contribution in [0.1, 0.15) is 49.9 Å². The van der Waals surface area contributed by atoms with Gasteiger partial charge >= 0.3 is 12.1 Å². The molecule has 174 valence electrons. The van der Waals surface area contributed by atoms with E-state index in [9.17, 15) is 26.7 Å². The van der Waals surface area contributed by atoms with Crippen molar-refractivity contribution < 1.29 is 36.2 Å². The Labute approximate surface area is 183 Å². The number of methoxy groups -OCH3 is 1.